The van der Waals surface area contributed by atoms with Gasteiger partial charge in [-0.05, 0) is 30.5 Å². The van der Waals surface area contributed by atoms with Crippen LogP contribution in [-0.4, -0.2) is 13.2 Å². The summed E-state index contributed by atoms with van der Waals surface area (Å²) >= 11 is 0. The van der Waals surface area contributed by atoms with Gasteiger partial charge in [-0.15, -0.1) is 0 Å². The summed E-state index contributed by atoms with van der Waals surface area (Å²) in [6.45, 7) is 0.920. The van der Waals surface area contributed by atoms with Crippen LogP contribution >= 0.6 is 0 Å². The number of nitrogens with one attached hydrogen (secondary N) is 1. The first-order valence-electron chi connectivity index (χ1n) is 5.40. The van der Waals surface area contributed by atoms with Crippen molar-refractivity contribution < 1.29 is 4.74 Å². The van der Waals surface area contributed by atoms with Gasteiger partial charge >= 0.3 is 0 Å². The largest absolute Gasteiger partial charge is 0.497 e. The van der Waals surface area contributed by atoms with Gasteiger partial charge in [0.2, 0.25) is 0 Å². The van der Waals surface area contributed by atoms with Crippen LogP contribution < -0.4 is 10.1 Å². The minimum absolute atomic E-state index is 0.621. The van der Waals surface area contributed by atoms with Crippen molar-refractivity contribution in [3.63, 3.8) is 0 Å². The molecule has 0 saturated heterocycles. The Bertz CT molecular complexity index is 338. The van der Waals surface area contributed by atoms with E-state index in [1.54, 1.807) is 7.11 Å². The lowest BCUT2D eigenvalue weighted by atomic mass is 10.2. The fourth-order valence-electron chi connectivity index (χ4n) is 1.83. The average Bonchev–Trinajstić information content (AvgIpc) is 2.79. The zero-order chi connectivity index (χ0) is 10.5. The zero-order valence-corrected chi connectivity index (χ0v) is 9.07. The maximum atomic E-state index is 5.19. The minimum Gasteiger partial charge on any atom is -0.497 e. The van der Waals surface area contributed by atoms with E-state index in [1.807, 2.05) is 12.1 Å². The standard InChI is InChI=1S/C13H17NO/c1-15-13-8-4-5-11(9-13)10-14-12-6-2-3-7-12/h2-5,8-9,12,14H,6-7,10H2,1H3. The Hall–Kier alpha value is -1.28. The summed E-state index contributed by atoms with van der Waals surface area (Å²) in [5.74, 6) is 0.929. The van der Waals surface area contributed by atoms with Gasteiger partial charge in [-0.1, -0.05) is 24.3 Å². The molecular formula is C13H17NO. The van der Waals surface area contributed by atoms with Crippen LogP contribution in [0, 0.1) is 0 Å². The molecule has 1 aromatic carbocycles. The smallest absolute Gasteiger partial charge is 0.119 e. The molecule has 1 N–H and O–H groups in total. The predicted molar refractivity (Wildman–Crippen MR) is 62.0 cm³/mol. The Morgan fingerprint density at radius 2 is 2.13 bits per heavy atom. The van der Waals surface area contributed by atoms with E-state index in [2.05, 4.69) is 29.6 Å². The van der Waals surface area contributed by atoms with Gasteiger partial charge in [0.25, 0.3) is 0 Å². The molecule has 2 rings (SSSR count). The molecular weight excluding hydrogens is 186 g/mol. The Morgan fingerprint density at radius 3 is 2.87 bits per heavy atom. The number of ether oxygens (including phenoxy) is 1. The van der Waals surface area contributed by atoms with Crippen molar-refractivity contribution >= 4 is 0 Å². The first-order valence-corrected chi connectivity index (χ1v) is 5.40. The highest BCUT2D eigenvalue weighted by Crippen LogP contribution is 2.14. The lowest BCUT2D eigenvalue weighted by Crippen LogP contribution is -2.25. The molecule has 0 aliphatic heterocycles. The molecule has 2 heteroatoms. The number of methoxy groups -OCH3 is 1. The van der Waals surface area contributed by atoms with Gasteiger partial charge in [-0.3, -0.25) is 0 Å². The van der Waals surface area contributed by atoms with Gasteiger partial charge < -0.3 is 10.1 Å². The maximum absolute atomic E-state index is 5.19. The van der Waals surface area contributed by atoms with Crippen molar-refractivity contribution in [3.05, 3.63) is 42.0 Å². The van der Waals surface area contributed by atoms with Gasteiger partial charge in [0, 0.05) is 12.6 Å². The summed E-state index contributed by atoms with van der Waals surface area (Å²) < 4.78 is 5.19. The molecule has 0 spiro atoms. The van der Waals surface area contributed by atoms with Crippen LogP contribution in [0.3, 0.4) is 0 Å². The fourth-order valence-corrected chi connectivity index (χ4v) is 1.83. The van der Waals surface area contributed by atoms with E-state index >= 15 is 0 Å². The zero-order valence-electron chi connectivity index (χ0n) is 9.07. The SMILES string of the molecule is COc1cccc(CNC2CC=CC2)c1. The molecule has 0 amide bonds. The first-order chi connectivity index (χ1) is 7.38. The lowest BCUT2D eigenvalue weighted by molar-refractivity contribution is 0.413. The highest BCUT2D eigenvalue weighted by atomic mass is 16.5. The quantitative estimate of drug-likeness (QED) is 0.759. The minimum atomic E-state index is 0.621. The van der Waals surface area contributed by atoms with E-state index in [0.29, 0.717) is 6.04 Å². The van der Waals surface area contributed by atoms with Crippen molar-refractivity contribution in [3.8, 4) is 5.75 Å². The fraction of sp³-hybridized carbons (Fsp3) is 0.385. The van der Waals surface area contributed by atoms with Crippen LogP contribution in [0.1, 0.15) is 18.4 Å². The summed E-state index contributed by atoms with van der Waals surface area (Å²) in [5, 5.41) is 3.53. The van der Waals surface area contributed by atoms with Crippen molar-refractivity contribution in [1.82, 2.24) is 5.32 Å². The molecule has 0 heterocycles. The normalized spacial score (nSPS) is 15.8. The predicted octanol–water partition coefficient (Wildman–Crippen LogP) is 2.50. The van der Waals surface area contributed by atoms with E-state index < -0.39 is 0 Å². The van der Waals surface area contributed by atoms with Crippen LogP contribution in [-0.2, 0) is 6.54 Å². The van der Waals surface area contributed by atoms with Crippen molar-refractivity contribution in [1.29, 1.82) is 0 Å². The van der Waals surface area contributed by atoms with Crippen LogP contribution in [0.15, 0.2) is 36.4 Å². The summed E-state index contributed by atoms with van der Waals surface area (Å²) in [7, 11) is 1.70. The molecule has 80 valence electrons. The second-order valence-corrected chi connectivity index (χ2v) is 3.87. The maximum Gasteiger partial charge on any atom is 0.119 e. The summed E-state index contributed by atoms with van der Waals surface area (Å²) in [6.07, 6.45) is 6.79. The molecule has 0 unspecified atom stereocenters. The Labute approximate surface area is 91.0 Å². The van der Waals surface area contributed by atoms with Crippen molar-refractivity contribution in [2.75, 3.05) is 7.11 Å². The van der Waals surface area contributed by atoms with Crippen molar-refractivity contribution in [2.45, 2.75) is 25.4 Å². The van der Waals surface area contributed by atoms with E-state index in [0.717, 1.165) is 25.1 Å². The van der Waals surface area contributed by atoms with E-state index in [4.69, 9.17) is 4.74 Å². The first kappa shape index (κ1) is 10.2. The van der Waals surface area contributed by atoms with Gasteiger partial charge in [0.1, 0.15) is 5.75 Å². The third-order valence-electron chi connectivity index (χ3n) is 2.74. The summed E-state index contributed by atoms with van der Waals surface area (Å²) in [5.41, 5.74) is 1.28. The summed E-state index contributed by atoms with van der Waals surface area (Å²) in [6, 6.07) is 8.83. The molecule has 1 aliphatic carbocycles. The van der Waals surface area contributed by atoms with E-state index in [9.17, 15) is 0 Å². The number of hydrogen-bond donors (Lipinski definition) is 1. The molecule has 15 heavy (non-hydrogen) atoms. The van der Waals surface area contributed by atoms with Crippen LogP contribution in [0.25, 0.3) is 0 Å². The van der Waals surface area contributed by atoms with Crippen LogP contribution in [0.5, 0.6) is 5.75 Å². The Kier molecular flexibility index (Phi) is 3.41. The molecule has 0 bridgehead atoms. The molecule has 1 aromatic rings. The Balaban J connectivity index is 1.87. The number of hydrogen-bond acceptors (Lipinski definition) is 2. The van der Waals surface area contributed by atoms with Crippen molar-refractivity contribution in [2.24, 2.45) is 0 Å². The van der Waals surface area contributed by atoms with Gasteiger partial charge in [-0.2, -0.15) is 0 Å². The number of rotatable bonds is 4. The lowest BCUT2D eigenvalue weighted by Gasteiger charge is -2.12. The highest BCUT2D eigenvalue weighted by molar-refractivity contribution is 5.28. The molecule has 1 aliphatic rings. The van der Waals surface area contributed by atoms with Crippen LogP contribution in [0.2, 0.25) is 0 Å². The van der Waals surface area contributed by atoms with Gasteiger partial charge in [0.05, 0.1) is 7.11 Å². The molecule has 0 radical (unpaired) electrons. The highest BCUT2D eigenvalue weighted by Gasteiger charge is 2.08. The molecule has 2 nitrogen and oxygen atoms in total. The van der Waals surface area contributed by atoms with Crippen LogP contribution in [0.4, 0.5) is 0 Å². The molecule has 0 fully saturated rings. The van der Waals surface area contributed by atoms with E-state index in [1.165, 1.54) is 5.56 Å². The summed E-state index contributed by atoms with van der Waals surface area (Å²) in [4.78, 5) is 0. The topological polar surface area (TPSA) is 21.3 Å². The average molecular weight is 203 g/mol. The van der Waals surface area contributed by atoms with E-state index in [-0.39, 0.29) is 0 Å². The molecule has 0 saturated carbocycles. The molecule has 0 atom stereocenters. The van der Waals surface area contributed by atoms with Gasteiger partial charge in [-0.25, -0.2) is 0 Å². The monoisotopic (exact) mass is 203 g/mol. The second kappa shape index (κ2) is 4.99. The number of benzene rings is 1. The third-order valence-corrected chi connectivity index (χ3v) is 2.74. The third kappa shape index (κ3) is 2.83. The van der Waals surface area contributed by atoms with Gasteiger partial charge in [0.15, 0.2) is 0 Å². The second-order valence-electron chi connectivity index (χ2n) is 3.87. The molecule has 0 aromatic heterocycles. The Morgan fingerprint density at radius 1 is 1.33 bits per heavy atom.